The van der Waals surface area contributed by atoms with E-state index in [-0.39, 0.29) is 11.4 Å². The Kier molecular flexibility index (Phi) is 3.93. The minimum atomic E-state index is -0.331. The van der Waals surface area contributed by atoms with Crippen LogP contribution in [-0.2, 0) is 12.1 Å². The fourth-order valence-electron chi connectivity index (χ4n) is 1.74. The monoisotopic (exact) mass is 275 g/mol. The zero-order valence-corrected chi connectivity index (χ0v) is 11.6. The average Bonchev–Trinajstić information content (AvgIpc) is 2.91. The van der Waals surface area contributed by atoms with Crippen LogP contribution in [-0.4, -0.2) is 4.98 Å². The summed E-state index contributed by atoms with van der Waals surface area (Å²) in [6.45, 7) is 4.45. The van der Waals surface area contributed by atoms with Crippen molar-refractivity contribution in [3.8, 4) is 6.07 Å². The maximum absolute atomic E-state index is 13.2. The summed E-state index contributed by atoms with van der Waals surface area (Å²) in [6.07, 6.45) is 1.76. The lowest BCUT2D eigenvalue weighted by atomic mass is 10.0. The van der Waals surface area contributed by atoms with Crippen LogP contribution in [0.25, 0.3) is 0 Å². The smallest absolute Gasteiger partial charge is 0.123 e. The Morgan fingerprint density at radius 1 is 1.47 bits per heavy atom. The first-order valence-electron chi connectivity index (χ1n) is 5.86. The molecule has 0 bridgehead atoms. The molecule has 0 saturated heterocycles. The molecule has 1 aromatic heterocycles. The fourth-order valence-corrected chi connectivity index (χ4v) is 2.48. The van der Waals surface area contributed by atoms with E-state index in [0.29, 0.717) is 17.7 Å². The molecule has 0 atom stereocenters. The summed E-state index contributed by atoms with van der Waals surface area (Å²) in [4.78, 5) is 4.28. The Labute approximate surface area is 115 Å². The average molecular weight is 275 g/mol. The molecule has 0 aliphatic carbocycles. The van der Waals surface area contributed by atoms with Gasteiger partial charge in [-0.1, -0.05) is 0 Å². The van der Waals surface area contributed by atoms with Crippen molar-refractivity contribution in [3.63, 3.8) is 0 Å². The number of benzene rings is 1. The summed E-state index contributed by atoms with van der Waals surface area (Å²) >= 11 is 1.57. The SMILES string of the molecule is CC(C)(NCc1cc(F)ccc1C#N)c1nccs1. The van der Waals surface area contributed by atoms with Crippen molar-refractivity contribution in [1.29, 1.82) is 5.26 Å². The zero-order valence-electron chi connectivity index (χ0n) is 10.8. The predicted molar refractivity (Wildman–Crippen MR) is 73.1 cm³/mol. The predicted octanol–water partition coefficient (Wildman–Crippen LogP) is 3.18. The van der Waals surface area contributed by atoms with Crippen LogP contribution in [0.1, 0.15) is 30.0 Å². The second-order valence-corrected chi connectivity index (χ2v) is 5.62. The van der Waals surface area contributed by atoms with E-state index in [1.807, 2.05) is 19.2 Å². The Morgan fingerprint density at radius 3 is 2.89 bits per heavy atom. The molecule has 1 aromatic carbocycles. The number of nitrogens with zero attached hydrogens (tertiary/aromatic N) is 2. The number of nitrogens with one attached hydrogen (secondary N) is 1. The maximum Gasteiger partial charge on any atom is 0.123 e. The van der Waals surface area contributed by atoms with Gasteiger partial charge in [0.15, 0.2) is 0 Å². The van der Waals surface area contributed by atoms with Gasteiger partial charge in [0.05, 0.1) is 17.2 Å². The van der Waals surface area contributed by atoms with Gasteiger partial charge >= 0.3 is 0 Å². The van der Waals surface area contributed by atoms with Gasteiger partial charge in [-0.15, -0.1) is 11.3 Å². The molecule has 0 amide bonds. The van der Waals surface area contributed by atoms with Crippen LogP contribution in [0.3, 0.4) is 0 Å². The molecule has 1 N–H and O–H groups in total. The molecule has 0 unspecified atom stereocenters. The maximum atomic E-state index is 13.2. The van der Waals surface area contributed by atoms with E-state index >= 15 is 0 Å². The van der Waals surface area contributed by atoms with E-state index in [0.717, 1.165) is 5.01 Å². The zero-order chi connectivity index (χ0) is 13.9. The molecule has 19 heavy (non-hydrogen) atoms. The second kappa shape index (κ2) is 5.47. The fraction of sp³-hybridized carbons (Fsp3) is 0.286. The van der Waals surface area contributed by atoms with Gasteiger partial charge < -0.3 is 5.32 Å². The van der Waals surface area contributed by atoms with Crippen LogP contribution in [0, 0.1) is 17.1 Å². The van der Waals surface area contributed by atoms with Gasteiger partial charge in [0.2, 0.25) is 0 Å². The first-order valence-corrected chi connectivity index (χ1v) is 6.74. The summed E-state index contributed by atoms with van der Waals surface area (Å²) in [7, 11) is 0. The molecule has 3 nitrogen and oxygen atoms in total. The molecular weight excluding hydrogens is 261 g/mol. The number of hydrogen-bond donors (Lipinski definition) is 1. The molecular formula is C14H14FN3S. The van der Waals surface area contributed by atoms with Gasteiger partial charge in [-0.2, -0.15) is 5.26 Å². The first kappa shape index (κ1) is 13.7. The molecule has 1 heterocycles. The van der Waals surface area contributed by atoms with Gasteiger partial charge in [0.25, 0.3) is 0 Å². The molecule has 98 valence electrons. The number of aromatic nitrogens is 1. The molecule has 0 saturated carbocycles. The van der Waals surface area contributed by atoms with Gasteiger partial charge in [0, 0.05) is 18.1 Å². The number of hydrogen-bond acceptors (Lipinski definition) is 4. The highest BCUT2D eigenvalue weighted by atomic mass is 32.1. The van der Waals surface area contributed by atoms with Crippen LogP contribution < -0.4 is 5.32 Å². The molecule has 0 aliphatic rings. The van der Waals surface area contributed by atoms with Crippen molar-refractivity contribution in [2.45, 2.75) is 25.9 Å². The minimum Gasteiger partial charge on any atom is -0.302 e. The van der Waals surface area contributed by atoms with Crippen LogP contribution >= 0.6 is 11.3 Å². The third-order valence-electron chi connectivity index (χ3n) is 2.88. The third-order valence-corrected chi connectivity index (χ3v) is 3.97. The highest BCUT2D eigenvalue weighted by molar-refractivity contribution is 7.09. The van der Waals surface area contributed by atoms with E-state index in [9.17, 15) is 4.39 Å². The highest BCUT2D eigenvalue weighted by Gasteiger charge is 2.22. The Hall–Kier alpha value is -1.77. The molecule has 0 radical (unpaired) electrons. The van der Waals surface area contributed by atoms with Gasteiger partial charge in [0.1, 0.15) is 10.8 Å². The molecule has 2 rings (SSSR count). The number of rotatable bonds is 4. The standard InChI is InChI=1S/C14H14FN3S/c1-14(2,13-17-5-6-19-13)18-9-11-7-12(15)4-3-10(11)8-16/h3-7,18H,9H2,1-2H3. The van der Waals surface area contributed by atoms with E-state index in [4.69, 9.17) is 5.26 Å². The van der Waals surface area contributed by atoms with E-state index in [2.05, 4.69) is 16.4 Å². The van der Waals surface area contributed by atoms with Crippen molar-refractivity contribution in [3.05, 3.63) is 51.7 Å². The van der Waals surface area contributed by atoms with Crippen LogP contribution in [0.15, 0.2) is 29.8 Å². The van der Waals surface area contributed by atoms with Crippen molar-refractivity contribution in [1.82, 2.24) is 10.3 Å². The second-order valence-electron chi connectivity index (χ2n) is 4.73. The summed E-state index contributed by atoms with van der Waals surface area (Å²) in [5, 5.41) is 15.2. The van der Waals surface area contributed by atoms with Crippen molar-refractivity contribution in [2.24, 2.45) is 0 Å². The number of thiazole rings is 1. The largest absolute Gasteiger partial charge is 0.302 e. The Balaban J connectivity index is 2.15. The number of halogens is 1. The highest BCUT2D eigenvalue weighted by Crippen LogP contribution is 2.23. The lowest BCUT2D eigenvalue weighted by molar-refractivity contribution is 0.398. The van der Waals surface area contributed by atoms with Crippen molar-refractivity contribution < 1.29 is 4.39 Å². The Bertz CT molecular complexity index is 600. The summed E-state index contributed by atoms with van der Waals surface area (Å²) in [5.74, 6) is -0.331. The van der Waals surface area contributed by atoms with Crippen LogP contribution in [0.2, 0.25) is 0 Å². The van der Waals surface area contributed by atoms with Crippen molar-refractivity contribution >= 4 is 11.3 Å². The van der Waals surface area contributed by atoms with Gasteiger partial charge in [-0.25, -0.2) is 9.37 Å². The minimum absolute atomic E-state index is 0.312. The number of nitriles is 1. The van der Waals surface area contributed by atoms with E-state index < -0.39 is 0 Å². The normalized spacial score (nSPS) is 11.3. The van der Waals surface area contributed by atoms with Gasteiger partial charge in [-0.3, -0.25) is 0 Å². The summed E-state index contributed by atoms with van der Waals surface area (Å²) in [5.41, 5.74) is 0.837. The Morgan fingerprint density at radius 2 is 2.26 bits per heavy atom. The van der Waals surface area contributed by atoms with E-state index in [1.165, 1.54) is 18.2 Å². The van der Waals surface area contributed by atoms with Crippen molar-refractivity contribution in [2.75, 3.05) is 0 Å². The lowest BCUT2D eigenvalue weighted by Gasteiger charge is -2.24. The third kappa shape index (κ3) is 3.16. The summed E-state index contributed by atoms with van der Waals surface area (Å²) in [6, 6.07) is 6.27. The molecule has 5 heteroatoms. The quantitative estimate of drug-likeness (QED) is 0.932. The van der Waals surface area contributed by atoms with E-state index in [1.54, 1.807) is 17.5 Å². The summed E-state index contributed by atoms with van der Waals surface area (Å²) < 4.78 is 13.2. The lowest BCUT2D eigenvalue weighted by Crippen LogP contribution is -2.36. The first-order chi connectivity index (χ1) is 9.03. The van der Waals surface area contributed by atoms with Crippen LogP contribution in [0.5, 0.6) is 0 Å². The molecule has 0 aliphatic heterocycles. The molecule has 0 fully saturated rings. The topological polar surface area (TPSA) is 48.7 Å². The molecule has 0 spiro atoms. The van der Waals surface area contributed by atoms with Gasteiger partial charge in [-0.05, 0) is 37.6 Å². The molecule has 2 aromatic rings. The van der Waals surface area contributed by atoms with Crippen LogP contribution in [0.4, 0.5) is 4.39 Å².